The second-order valence-electron chi connectivity index (χ2n) is 7.49. The van der Waals surface area contributed by atoms with Crippen LogP contribution in [0.2, 0.25) is 0 Å². The van der Waals surface area contributed by atoms with E-state index >= 15 is 0 Å². The molecule has 0 bridgehead atoms. The summed E-state index contributed by atoms with van der Waals surface area (Å²) in [5.74, 6) is 0.235. The number of aryl methyl sites for hydroxylation is 2. The normalized spacial score (nSPS) is 13.4. The van der Waals surface area contributed by atoms with Crippen molar-refractivity contribution in [2.75, 3.05) is 28.6 Å². The van der Waals surface area contributed by atoms with Gasteiger partial charge in [0.25, 0.3) is 5.91 Å². The summed E-state index contributed by atoms with van der Waals surface area (Å²) in [7, 11) is 0. The van der Waals surface area contributed by atoms with E-state index in [1.807, 2.05) is 50.2 Å². The number of hydrogen-bond donors (Lipinski definition) is 2. The van der Waals surface area contributed by atoms with E-state index in [1.54, 1.807) is 0 Å². The predicted octanol–water partition coefficient (Wildman–Crippen LogP) is 4.69. The fourth-order valence-corrected chi connectivity index (χ4v) is 3.62. The fraction of sp³-hybridized carbons (Fsp3) is 0.261. The molecule has 3 aromatic rings. The van der Waals surface area contributed by atoms with Crippen LogP contribution in [0.1, 0.15) is 34.3 Å². The number of hydrogen-bond acceptors (Lipinski definition) is 5. The molecule has 1 fully saturated rings. The fourth-order valence-electron chi connectivity index (χ4n) is 3.62. The maximum Gasteiger partial charge on any atom is 0.258 e. The highest BCUT2D eigenvalue weighted by Gasteiger charge is 2.13. The van der Waals surface area contributed by atoms with Gasteiger partial charge in [-0.1, -0.05) is 6.07 Å². The van der Waals surface area contributed by atoms with Crippen LogP contribution in [0.15, 0.2) is 54.9 Å². The molecule has 148 valence electrons. The van der Waals surface area contributed by atoms with E-state index in [9.17, 15) is 4.79 Å². The van der Waals surface area contributed by atoms with Crippen molar-refractivity contribution in [2.24, 2.45) is 0 Å². The Bertz CT molecular complexity index is 973. The number of nitrogens with one attached hydrogen (secondary N) is 2. The van der Waals surface area contributed by atoms with E-state index in [-0.39, 0.29) is 5.91 Å². The summed E-state index contributed by atoms with van der Waals surface area (Å²) in [5.41, 5.74) is 5.64. The first kappa shape index (κ1) is 18.9. The molecule has 4 rings (SSSR count). The average molecular weight is 387 g/mol. The van der Waals surface area contributed by atoms with E-state index in [0.29, 0.717) is 11.5 Å². The summed E-state index contributed by atoms with van der Waals surface area (Å²) in [6.45, 7) is 6.30. The maximum absolute atomic E-state index is 12.5. The number of amides is 1. The zero-order valence-corrected chi connectivity index (χ0v) is 16.8. The van der Waals surface area contributed by atoms with E-state index < -0.39 is 0 Å². The van der Waals surface area contributed by atoms with Crippen molar-refractivity contribution in [3.8, 4) is 0 Å². The van der Waals surface area contributed by atoms with Crippen LogP contribution in [0.25, 0.3) is 0 Å². The molecule has 2 heterocycles. The summed E-state index contributed by atoms with van der Waals surface area (Å²) < 4.78 is 0. The minimum Gasteiger partial charge on any atom is -0.372 e. The van der Waals surface area contributed by atoms with Crippen molar-refractivity contribution in [3.05, 3.63) is 71.5 Å². The van der Waals surface area contributed by atoms with Gasteiger partial charge in [-0.2, -0.15) is 0 Å². The minimum absolute atomic E-state index is 0.225. The zero-order valence-electron chi connectivity index (χ0n) is 16.8. The molecule has 1 amide bonds. The highest BCUT2D eigenvalue weighted by Crippen LogP contribution is 2.22. The first-order valence-electron chi connectivity index (χ1n) is 9.90. The van der Waals surface area contributed by atoms with Crippen LogP contribution in [0.3, 0.4) is 0 Å². The smallest absolute Gasteiger partial charge is 0.258 e. The third kappa shape index (κ3) is 4.71. The minimum atomic E-state index is -0.225. The van der Waals surface area contributed by atoms with Gasteiger partial charge in [-0.05, 0) is 74.2 Å². The van der Waals surface area contributed by atoms with Crippen LogP contribution < -0.4 is 15.5 Å². The SMILES string of the molecule is Cc1cc(C)cc(Nc2ncc(C(=O)Nc3ccc(N4CCCC4)cc3)cn2)c1. The lowest BCUT2D eigenvalue weighted by atomic mass is 10.1. The van der Waals surface area contributed by atoms with Crippen molar-refractivity contribution >= 4 is 28.9 Å². The van der Waals surface area contributed by atoms with Gasteiger partial charge in [0.2, 0.25) is 5.95 Å². The largest absolute Gasteiger partial charge is 0.372 e. The molecule has 0 spiro atoms. The van der Waals surface area contributed by atoms with Crippen LogP contribution in [0.4, 0.5) is 23.0 Å². The van der Waals surface area contributed by atoms with Gasteiger partial charge in [-0.15, -0.1) is 0 Å². The molecule has 0 radical (unpaired) electrons. The number of benzene rings is 2. The Morgan fingerprint density at radius 2 is 1.52 bits per heavy atom. The second-order valence-corrected chi connectivity index (χ2v) is 7.49. The Balaban J connectivity index is 1.38. The van der Waals surface area contributed by atoms with Crippen LogP contribution in [0.5, 0.6) is 0 Å². The van der Waals surface area contributed by atoms with Gasteiger partial charge < -0.3 is 15.5 Å². The number of anilines is 4. The first-order chi connectivity index (χ1) is 14.1. The van der Waals surface area contributed by atoms with Gasteiger partial charge in [0, 0.05) is 42.5 Å². The molecule has 29 heavy (non-hydrogen) atoms. The van der Waals surface area contributed by atoms with E-state index in [0.717, 1.165) is 24.5 Å². The highest BCUT2D eigenvalue weighted by molar-refractivity contribution is 6.04. The Morgan fingerprint density at radius 1 is 0.897 bits per heavy atom. The second kappa shape index (κ2) is 8.31. The molecule has 1 aliphatic rings. The Morgan fingerprint density at radius 3 is 2.14 bits per heavy atom. The van der Waals surface area contributed by atoms with Crippen LogP contribution in [0, 0.1) is 13.8 Å². The molecule has 6 heteroatoms. The lowest BCUT2D eigenvalue weighted by Gasteiger charge is -2.17. The Labute approximate surface area is 171 Å². The van der Waals surface area contributed by atoms with Crippen molar-refractivity contribution < 1.29 is 4.79 Å². The third-order valence-electron chi connectivity index (χ3n) is 4.99. The Hall–Kier alpha value is -3.41. The maximum atomic E-state index is 12.5. The standard InChI is InChI=1S/C23H25N5O/c1-16-11-17(2)13-20(12-16)27-23-24-14-18(15-25-23)22(29)26-19-5-7-21(8-6-19)28-9-3-4-10-28/h5-8,11-15H,3-4,9-10H2,1-2H3,(H,26,29)(H,24,25,27). The Kier molecular flexibility index (Phi) is 5.42. The molecule has 2 N–H and O–H groups in total. The van der Waals surface area contributed by atoms with Gasteiger partial charge in [0.15, 0.2) is 0 Å². The topological polar surface area (TPSA) is 70.2 Å². The monoisotopic (exact) mass is 387 g/mol. The summed E-state index contributed by atoms with van der Waals surface area (Å²) in [6.07, 6.45) is 5.55. The molecule has 2 aromatic carbocycles. The van der Waals surface area contributed by atoms with Crippen molar-refractivity contribution in [3.63, 3.8) is 0 Å². The summed E-state index contributed by atoms with van der Waals surface area (Å²) >= 11 is 0. The lowest BCUT2D eigenvalue weighted by molar-refractivity contribution is 0.102. The zero-order chi connectivity index (χ0) is 20.2. The number of carbonyl (C=O) groups is 1. The third-order valence-corrected chi connectivity index (χ3v) is 4.99. The molecule has 0 atom stereocenters. The predicted molar refractivity (Wildman–Crippen MR) is 117 cm³/mol. The van der Waals surface area contributed by atoms with Crippen molar-refractivity contribution in [1.82, 2.24) is 9.97 Å². The summed E-state index contributed by atoms with van der Waals surface area (Å²) in [6, 6.07) is 14.1. The molecular formula is C23H25N5O. The number of nitrogens with zero attached hydrogens (tertiary/aromatic N) is 3. The van der Waals surface area contributed by atoms with E-state index in [4.69, 9.17) is 0 Å². The van der Waals surface area contributed by atoms with Crippen LogP contribution >= 0.6 is 0 Å². The van der Waals surface area contributed by atoms with Crippen molar-refractivity contribution in [2.45, 2.75) is 26.7 Å². The summed E-state index contributed by atoms with van der Waals surface area (Å²) in [4.78, 5) is 23.4. The quantitative estimate of drug-likeness (QED) is 0.665. The molecule has 0 saturated carbocycles. The molecular weight excluding hydrogens is 362 g/mol. The van der Waals surface area contributed by atoms with Gasteiger partial charge in [0.05, 0.1) is 5.56 Å². The van der Waals surface area contributed by atoms with E-state index in [1.165, 1.54) is 42.0 Å². The molecule has 1 saturated heterocycles. The lowest BCUT2D eigenvalue weighted by Crippen LogP contribution is -2.17. The summed E-state index contributed by atoms with van der Waals surface area (Å²) in [5, 5.41) is 6.08. The van der Waals surface area contributed by atoms with Crippen LogP contribution in [-0.2, 0) is 0 Å². The number of aromatic nitrogens is 2. The number of rotatable bonds is 5. The van der Waals surface area contributed by atoms with Gasteiger partial charge >= 0.3 is 0 Å². The number of carbonyl (C=O) groups excluding carboxylic acids is 1. The molecule has 1 aromatic heterocycles. The molecule has 0 aliphatic carbocycles. The van der Waals surface area contributed by atoms with Gasteiger partial charge in [-0.3, -0.25) is 4.79 Å². The first-order valence-corrected chi connectivity index (χ1v) is 9.90. The molecule has 6 nitrogen and oxygen atoms in total. The highest BCUT2D eigenvalue weighted by atomic mass is 16.1. The van der Waals surface area contributed by atoms with Crippen LogP contribution in [-0.4, -0.2) is 29.0 Å². The van der Waals surface area contributed by atoms with Crippen molar-refractivity contribution in [1.29, 1.82) is 0 Å². The van der Waals surface area contributed by atoms with Gasteiger partial charge in [-0.25, -0.2) is 9.97 Å². The molecule has 1 aliphatic heterocycles. The van der Waals surface area contributed by atoms with Gasteiger partial charge in [0.1, 0.15) is 0 Å². The van der Waals surface area contributed by atoms with E-state index in [2.05, 4.69) is 31.6 Å². The molecule has 0 unspecified atom stereocenters. The average Bonchev–Trinajstić information content (AvgIpc) is 3.23.